The van der Waals surface area contributed by atoms with Crippen LogP contribution in [-0.2, 0) is 13.7 Å². The second-order valence-corrected chi connectivity index (χ2v) is 5.68. The molecule has 0 aliphatic heterocycles. The number of carbonyl (C=O) groups excluding carboxylic acids is 1. The Morgan fingerprint density at radius 1 is 1.17 bits per heavy atom. The molecule has 2 aromatic carbocycles. The van der Waals surface area contributed by atoms with Gasteiger partial charge < -0.3 is 5.32 Å². The van der Waals surface area contributed by atoms with E-state index < -0.39 is 12.6 Å². The van der Waals surface area contributed by atoms with Crippen molar-refractivity contribution in [2.24, 2.45) is 7.05 Å². The quantitative estimate of drug-likeness (QED) is 0.760. The molecule has 1 aromatic heterocycles. The second kappa shape index (κ2) is 6.84. The first-order valence-corrected chi connectivity index (χ1v) is 7.71. The Hall–Kier alpha value is -2.66. The fraction of sp³-hybridized carbons (Fsp3) is 0.111. The van der Waals surface area contributed by atoms with E-state index in [0.29, 0.717) is 10.7 Å². The molecule has 24 heavy (non-hydrogen) atoms. The lowest BCUT2D eigenvalue weighted by atomic mass is 10.0. The van der Waals surface area contributed by atoms with Crippen LogP contribution < -0.4 is 5.32 Å². The number of rotatable bonds is 4. The summed E-state index contributed by atoms with van der Waals surface area (Å²) in [4.78, 5) is 12.5. The summed E-state index contributed by atoms with van der Waals surface area (Å²) in [6, 6.07) is 14.7. The molecule has 3 aromatic rings. The molecule has 0 bridgehead atoms. The molecule has 4 nitrogen and oxygen atoms in total. The van der Waals surface area contributed by atoms with Crippen molar-refractivity contribution in [1.82, 2.24) is 9.78 Å². The molecule has 122 valence electrons. The molecule has 0 fully saturated rings. The smallest absolute Gasteiger partial charge is 0.259 e. The summed E-state index contributed by atoms with van der Waals surface area (Å²) in [5.74, 6) is -0.407. The topological polar surface area (TPSA) is 46.9 Å². The predicted octanol–water partition coefficient (Wildman–Crippen LogP) is 4.46. The Balaban J connectivity index is 1.97. The van der Waals surface area contributed by atoms with Crippen molar-refractivity contribution in [3.63, 3.8) is 0 Å². The summed E-state index contributed by atoms with van der Waals surface area (Å²) < 4.78 is 14.4. The average molecular weight is 344 g/mol. The van der Waals surface area contributed by atoms with Gasteiger partial charge in [-0.1, -0.05) is 48.0 Å². The maximum atomic E-state index is 13.0. The summed E-state index contributed by atoms with van der Waals surface area (Å²) in [7, 11) is 1.65. The highest BCUT2D eigenvalue weighted by Crippen LogP contribution is 2.33. The van der Waals surface area contributed by atoms with Gasteiger partial charge in [-0.15, -0.1) is 0 Å². The summed E-state index contributed by atoms with van der Waals surface area (Å²) in [6.45, 7) is -0.796. The molecule has 0 aliphatic rings. The van der Waals surface area contributed by atoms with Gasteiger partial charge >= 0.3 is 0 Å². The van der Waals surface area contributed by atoms with Crippen LogP contribution in [0.15, 0.2) is 54.7 Å². The summed E-state index contributed by atoms with van der Waals surface area (Å²) in [6.07, 6.45) is 1.50. The van der Waals surface area contributed by atoms with E-state index in [2.05, 4.69) is 10.4 Å². The van der Waals surface area contributed by atoms with Crippen LogP contribution in [0.3, 0.4) is 0 Å². The van der Waals surface area contributed by atoms with Gasteiger partial charge in [0, 0.05) is 35.1 Å². The number of aromatic nitrogens is 2. The standard InChI is InChI=1S/C18H15ClFN3O/c1-23-11-14(17(10-20)22-23)18(24)21-16-9-5-3-7-13(16)12-6-2-4-8-15(12)19/h2-9,11H,10H2,1H3,(H,21,24). The van der Waals surface area contributed by atoms with Gasteiger partial charge in [-0.3, -0.25) is 9.48 Å². The number of anilines is 1. The first kappa shape index (κ1) is 16.2. The molecule has 1 N–H and O–H groups in total. The van der Waals surface area contributed by atoms with E-state index in [1.165, 1.54) is 10.9 Å². The summed E-state index contributed by atoms with van der Waals surface area (Å²) in [5.41, 5.74) is 2.54. The average Bonchev–Trinajstić information content (AvgIpc) is 2.97. The number of aryl methyl sites for hydroxylation is 1. The SMILES string of the molecule is Cn1cc(C(=O)Nc2ccccc2-c2ccccc2Cl)c(CF)n1. The van der Waals surface area contributed by atoms with E-state index in [4.69, 9.17) is 11.6 Å². The zero-order valence-corrected chi connectivity index (χ0v) is 13.7. The van der Waals surface area contributed by atoms with Gasteiger partial charge in [-0.25, -0.2) is 4.39 Å². The highest BCUT2D eigenvalue weighted by molar-refractivity contribution is 6.33. The number of hydrogen-bond acceptors (Lipinski definition) is 2. The summed E-state index contributed by atoms with van der Waals surface area (Å²) >= 11 is 6.26. The van der Waals surface area contributed by atoms with Crippen LogP contribution in [0.25, 0.3) is 11.1 Å². The van der Waals surface area contributed by atoms with Gasteiger partial charge in [-0.05, 0) is 12.1 Å². The number of benzene rings is 2. The molecular formula is C18H15ClFN3O. The number of nitrogens with zero attached hydrogens (tertiary/aromatic N) is 2. The molecule has 1 heterocycles. The molecular weight excluding hydrogens is 329 g/mol. The van der Waals surface area contributed by atoms with Gasteiger partial charge in [0.15, 0.2) is 0 Å². The van der Waals surface area contributed by atoms with Crippen LogP contribution in [-0.4, -0.2) is 15.7 Å². The maximum Gasteiger partial charge on any atom is 0.259 e. The third-order valence-corrected chi connectivity index (χ3v) is 3.95. The fourth-order valence-corrected chi connectivity index (χ4v) is 2.76. The van der Waals surface area contributed by atoms with Crippen molar-refractivity contribution in [3.8, 4) is 11.1 Å². The van der Waals surface area contributed by atoms with Crippen LogP contribution >= 0.6 is 11.6 Å². The van der Waals surface area contributed by atoms with Gasteiger partial charge in [0.2, 0.25) is 0 Å². The molecule has 0 saturated heterocycles. The van der Waals surface area contributed by atoms with Gasteiger partial charge in [0.1, 0.15) is 12.4 Å². The number of nitrogens with one attached hydrogen (secondary N) is 1. The molecule has 6 heteroatoms. The molecule has 3 rings (SSSR count). The fourth-order valence-electron chi connectivity index (χ4n) is 2.52. The Bertz CT molecular complexity index is 891. The molecule has 0 unspecified atom stereocenters. The van der Waals surface area contributed by atoms with Crippen LogP contribution in [0.2, 0.25) is 5.02 Å². The maximum absolute atomic E-state index is 13.0. The third-order valence-electron chi connectivity index (χ3n) is 3.62. The Kier molecular flexibility index (Phi) is 4.62. The minimum absolute atomic E-state index is 0.116. The molecule has 0 radical (unpaired) electrons. The largest absolute Gasteiger partial charge is 0.321 e. The van der Waals surface area contributed by atoms with E-state index in [9.17, 15) is 9.18 Å². The Labute approximate surface area is 143 Å². The number of amides is 1. The van der Waals surface area contributed by atoms with E-state index in [-0.39, 0.29) is 11.3 Å². The minimum atomic E-state index is -0.796. The van der Waals surface area contributed by atoms with Gasteiger partial charge in [0.05, 0.1) is 5.56 Å². The van der Waals surface area contributed by atoms with E-state index in [1.807, 2.05) is 36.4 Å². The lowest BCUT2D eigenvalue weighted by Gasteiger charge is -2.12. The van der Waals surface area contributed by atoms with Gasteiger partial charge in [-0.2, -0.15) is 5.10 Å². The van der Waals surface area contributed by atoms with Gasteiger partial charge in [0.25, 0.3) is 5.91 Å². The number of hydrogen-bond donors (Lipinski definition) is 1. The van der Waals surface area contributed by atoms with E-state index in [0.717, 1.165) is 11.1 Å². The molecule has 1 amide bonds. The van der Waals surface area contributed by atoms with Crippen molar-refractivity contribution in [1.29, 1.82) is 0 Å². The second-order valence-electron chi connectivity index (χ2n) is 5.28. The lowest BCUT2D eigenvalue weighted by Crippen LogP contribution is -2.13. The molecule has 0 saturated carbocycles. The minimum Gasteiger partial charge on any atom is -0.321 e. The van der Waals surface area contributed by atoms with Crippen LogP contribution in [0.5, 0.6) is 0 Å². The number of alkyl halides is 1. The van der Waals surface area contributed by atoms with Crippen molar-refractivity contribution in [2.75, 3.05) is 5.32 Å². The third kappa shape index (κ3) is 3.16. The highest BCUT2D eigenvalue weighted by Gasteiger charge is 2.17. The summed E-state index contributed by atoms with van der Waals surface area (Å²) in [5, 5.41) is 7.36. The molecule has 0 atom stereocenters. The van der Waals surface area contributed by atoms with Crippen molar-refractivity contribution in [2.45, 2.75) is 6.67 Å². The first-order chi connectivity index (χ1) is 11.6. The normalized spacial score (nSPS) is 10.6. The number of para-hydroxylation sites is 1. The Morgan fingerprint density at radius 2 is 1.83 bits per heavy atom. The van der Waals surface area contributed by atoms with Crippen LogP contribution in [0.4, 0.5) is 10.1 Å². The molecule has 0 spiro atoms. The highest BCUT2D eigenvalue weighted by atomic mass is 35.5. The number of carbonyl (C=O) groups is 1. The van der Waals surface area contributed by atoms with Crippen LogP contribution in [0, 0.1) is 0 Å². The predicted molar refractivity (Wildman–Crippen MR) is 92.9 cm³/mol. The monoisotopic (exact) mass is 343 g/mol. The number of halogens is 2. The van der Waals surface area contributed by atoms with Crippen molar-refractivity contribution >= 4 is 23.2 Å². The van der Waals surface area contributed by atoms with Crippen molar-refractivity contribution < 1.29 is 9.18 Å². The van der Waals surface area contributed by atoms with Crippen LogP contribution in [0.1, 0.15) is 16.1 Å². The zero-order valence-electron chi connectivity index (χ0n) is 13.0. The lowest BCUT2D eigenvalue weighted by molar-refractivity contribution is 0.102. The zero-order chi connectivity index (χ0) is 17.1. The molecule has 0 aliphatic carbocycles. The Morgan fingerprint density at radius 3 is 2.54 bits per heavy atom. The first-order valence-electron chi connectivity index (χ1n) is 7.34. The van der Waals surface area contributed by atoms with E-state index in [1.54, 1.807) is 19.2 Å². The van der Waals surface area contributed by atoms with E-state index >= 15 is 0 Å². The van der Waals surface area contributed by atoms with Crippen molar-refractivity contribution in [3.05, 3.63) is 71.0 Å².